The fourth-order valence-corrected chi connectivity index (χ4v) is 2.11. The minimum atomic E-state index is 0.379. The molecule has 0 amide bonds. The number of hydrogen-bond acceptors (Lipinski definition) is 5. The molecular formula is C14H29NO4. The Hall–Kier alpha value is -0.200. The molecule has 2 unspecified atom stereocenters. The van der Waals surface area contributed by atoms with Crippen molar-refractivity contribution < 1.29 is 18.9 Å². The summed E-state index contributed by atoms with van der Waals surface area (Å²) in [6.45, 7) is 7.48. The molecule has 1 rings (SSSR count). The minimum absolute atomic E-state index is 0.379. The van der Waals surface area contributed by atoms with E-state index in [0.29, 0.717) is 25.4 Å². The van der Waals surface area contributed by atoms with Gasteiger partial charge in [-0.3, -0.25) is 0 Å². The van der Waals surface area contributed by atoms with Crippen molar-refractivity contribution in [3.8, 4) is 0 Å². The molecule has 0 aliphatic carbocycles. The van der Waals surface area contributed by atoms with E-state index >= 15 is 0 Å². The number of hydrogen-bond donors (Lipinski definition) is 1. The average Bonchev–Trinajstić information content (AvgIpc) is 2.95. The van der Waals surface area contributed by atoms with Crippen molar-refractivity contribution >= 4 is 0 Å². The first-order valence-corrected chi connectivity index (χ1v) is 7.34. The van der Waals surface area contributed by atoms with Crippen molar-refractivity contribution in [3.63, 3.8) is 0 Å². The Morgan fingerprint density at radius 1 is 1.16 bits per heavy atom. The van der Waals surface area contributed by atoms with Gasteiger partial charge in [-0.25, -0.2) is 0 Å². The van der Waals surface area contributed by atoms with Gasteiger partial charge in [0.05, 0.1) is 25.9 Å². The summed E-state index contributed by atoms with van der Waals surface area (Å²) in [6.07, 6.45) is 3.68. The maximum Gasteiger partial charge on any atom is 0.0726 e. The molecule has 5 nitrogen and oxygen atoms in total. The second-order valence-electron chi connectivity index (χ2n) is 4.87. The van der Waals surface area contributed by atoms with E-state index in [1.165, 1.54) is 12.8 Å². The zero-order valence-corrected chi connectivity index (χ0v) is 12.4. The number of rotatable bonds is 12. The van der Waals surface area contributed by atoms with Gasteiger partial charge in [0.1, 0.15) is 0 Å². The van der Waals surface area contributed by atoms with Gasteiger partial charge in [-0.1, -0.05) is 0 Å². The molecule has 1 aliphatic rings. The van der Waals surface area contributed by atoms with Gasteiger partial charge in [0.15, 0.2) is 0 Å². The Balaban J connectivity index is 1.78. The molecule has 0 aromatic carbocycles. The van der Waals surface area contributed by atoms with E-state index in [2.05, 4.69) is 12.2 Å². The van der Waals surface area contributed by atoms with Gasteiger partial charge in [0.2, 0.25) is 0 Å². The second-order valence-corrected chi connectivity index (χ2v) is 4.87. The fourth-order valence-electron chi connectivity index (χ4n) is 2.11. The standard InChI is InChI=1S/C14H29NO4/c1-13(14-5-3-9-19-14)15-6-10-18-12-11-17-8-4-7-16-2/h13-15H,3-12H2,1-2H3. The van der Waals surface area contributed by atoms with Crippen LogP contribution in [-0.2, 0) is 18.9 Å². The van der Waals surface area contributed by atoms with Crippen molar-refractivity contribution in [3.05, 3.63) is 0 Å². The first kappa shape index (κ1) is 16.9. The highest BCUT2D eigenvalue weighted by Crippen LogP contribution is 2.14. The number of nitrogens with one attached hydrogen (secondary N) is 1. The van der Waals surface area contributed by atoms with Crippen LogP contribution in [0.15, 0.2) is 0 Å². The zero-order chi connectivity index (χ0) is 13.8. The van der Waals surface area contributed by atoms with Gasteiger partial charge in [-0.05, 0) is 26.2 Å². The van der Waals surface area contributed by atoms with Crippen molar-refractivity contribution in [2.75, 3.05) is 53.3 Å². The molecule has 1 fully saturated rings. The summed E-state index contributed by atoms with van der Waals surface area (Å²) in [6, 6.07) is 0.413. The van der Waals surface area contributed by atoms with Crippen molar-refractivity contribution in [1.82, 2.24) is 5.32 Å². The van der Waals surface area contributed by atoms with Gasteiger partial charge in [0.25, 0.3) is 0 Å². The Bertz CT molecular complexity index is 198. The molecule has 114 valence electrons. The predicted octanol–water partition coefficient (Wildman–Crippen LogP) is 1.21. The molecule has 0 aromatic heterocycles. The van der Waals surface area contributed by atoms with E-state index in [1.807, 2.05) is 0 Å². The predicted molar refractivity (Wildman–Crippen MR) is 74.6 cm³/mol. The van der Waals surface area contributed by atoms with Gasteiger partial charge < -0.3 is 24.3 Å². The van der Waals surface area contributed by atoms with Crippen LogP contribution in [-0.4, -0.2) is 65.4 Å². The van der Waals surface area contributed by atoms with Crippen molar-refractivity contribution in [2.45, 2.75) is 38.3 Å². The average molecular weight is 275 g/mol. The van der Waals surface area contributed by atoms with Crippen LogP contribution in [0.5, 0.6) is 0 Å². The molecule has 0 radical (unpaired) electrons. The molecule has 0 spiro atoms. The molecule has 2 atom stereocenters. The van der Waals surface area contributed by atoms with E-state index in [-0.39, 0.29) is 0 Å². The fraction of sp³-hybridized carbons (Fsp3) is 1.00. The summed E-state index contributed by atoms with van der Waals surface area (Å²) in [5.41, 5.74) is 0. The normalized spacial score (nSPS) is 20.8. The molecule has 19 heavy (non-hydrogen) atoms. The molecule has 0 saturated carbocycles. The molecule has 1 saturated heterocycles. The van der Waals surface area contributed by atoms with Crippen LogP contribution in [0.3, 0.4) is 0 Å². The van der Waals surface area contributed by atoms with Gasteiger partial charge in [-0.15, -0.1) is 0 Å². The van der Waals surface area contributed by atoms with Crippen LogP contribution in [0.25, 0.3) is 0 Å². The van der Waals surface area contributed by atoms with Crippen molar-refractivity contribution in [1.29, 1.82) is 0 Å². The highest BCUT2D eigenvalue weighted by molar-refractivity contribution is 4.76. The van der Waals surface area contributed by atoms with E-state index < -0.39 is 0 Å². The highest BCUT2D eigenvalue weighted by Gasteiger charge is 2.21. The first-order valence-electron chi connectivity index (χ1n) is 7.34. The third-order valence-electron chi connectivity index (χ3n) is 3.24. The molecule has 1 N–H and O–H groups in total. The molecule has 1 aliphatic heterocycles. The quantitative estimate of drug-likeness (QED) is 0.543. The zero-order valence-electron chi connectivity index (χ0n) is 12.4. The second kappa shape index (κ2) is 11.6. The van der Waals surface area contributed by atoms with E-state index in [4.69, 9.17) is 18.9 Å². The lowest BCUT2D eigenvalue weighted by Gasteiger charge is -2.19. The molecule has 0 bridgehead atoms. The number of ether oxygens (including phenoxy) is 4. The minimum Gasteiger partial charge on any atom is -0.385 e. The monoisotopic (exact) mass is 275 g/mol. The summed E-state index contributed by atoms with van der Waals surface area (Å²) in [5, 5.41) is 3.44. The summed E-state index contributed by atoms with van der Waals surface area (Å²) in [7, 11) is 1.70. The van der Waals surface area contributed by atoms with Crippen LogP contribution in [0.4, 0.5) is 0 Å². The third-order valence-corrected chi connectivity index (χ3v) is 3.24. The smallest absolute Gasteiger partial charge is 0.0726 e. The Morgan fingerprint density at radius 2 is 1.95 bits per heavy atom. The van der Waals surface area contributed by atoms with E-state index in [9.17, 15) is 0 Å². The SMILES string of the molecule is COCCCOCCOCCNC(C)C1CCCO1. The first-order chi connectivity index (χ1) is 9.34. The molecule has 1 heterocycles. The maximum atomic E-state index is 5.62. The third kappa shape index (κ3) is 8.55. The Morgan fingerprint density at radius 3 is 2.63 bits per heavy atom. The van der Waals surface area contributed by atoms with Crippen LogP contribution in [0, 0.1) is 0 Å². The lowest BCUT2D eigenvalue weighted by Crippen LogP contribution is -2.38. The van der Waals surface area contributed by atoms with Gasteiger partial charge >= 0.3 is 0 Å². The summed E-state index contributed by atoms with van der Waals surface area (Å²) >= 11 is 0. The largest absolute Gasteiger partial charge is 0.385 e. The topological polar surface area (TPSA) is 49.0 Å². The Kier molecular flexibility index (Phi) is 10.3. The van der Waals surface area contributed by atoms with Crippen LogP contribution < -0.4 is 5.32 Å². The van der Waals surface area contributed by atoms with Gasteiger partial charge in [-0.2, -0.15) is 0 Å². The van der Waals surface area contributed by atoms with Gasteiger partial charge in [0, 0.05) is 39.5 Å². The highest BCUT2D eigenvalue weighted by atomic mass is 16.5. The molecule has 5 heteroatoms. The molecular weight excluding hydrogens is 246 g/mol. The van der Waals surface area contributed by atoms with E-state index in [1.54, 1.807) is 7.11 Å². The maximum absolute atomic E-state index is 5.62. The lowest BCUT2D eigenvalue weighted by atomic mass is 10.1. The number of methoxy groups -OCH3 is 1. The summed E-state index contributed by atoms with van der Waals surface area (Å²) in [5.74, 6) is 0. The molecule has 0 aromatic rings. The Labute approximate surface area is 116 Å². The van der Waals surface area contributed by atoms with Crippen molar-refractivity contribution in [2.24, 2.45) is 0 Å². The van der Waals surface area contributed by atoms with Crippen LogP contribution >= 0.6 is 0 Å². The lowest BCUT2D eigenvalue weighted by molar-refractivity contribution is 0.0374. The summed E-state index contributed by atoms with van der Waals surface area (Å²) < 4.78 is 21.5. The van der Waals surface area contributed by atoms with E-state index in [0.717, 1.165) is 39.4 Å². The van der Waals surface area contributed by atoms with Crippen LogP contribution in [0.1, 0.15) is 26.2 Å². The van der Waals surface area contributed by atoms with Crippen LogP contribution in [0.2, 0.25) is 0 Å². The summed E-state index contributed by atoms with van der Waals surface area (Å²) in [4.78, 5) is 0.